The minimum absolute atomic E-state index is 0.153. The fourth-order valence-corrected chi connectivity index (χ4v) is 3.85. The van der Waals surface area contributed by atoms with Crippen LogP contribution in [0.25, 0.3) is 0 Å². The van der Waals surface area contributed by atoms with Crippen molar-refractivity contribution in [2.45, 2.75) is 31.3 Å². The number of likely N-dealkylation sites (tertiary alicyclic amines) is 2. The molecule has 26 heavy (non-hydrogen) atoms. The predicted molar refractivity (Wildman–Crippen MR) is 92.3 cm³/mol. The minimum atomic E-state index is -0.828. The summed E-state index contributed by atoms with van der Waals surface area (Å²) in [6.07, 6.45) is 5.95. The van der Waals surface area contributed by atoms with E-state index in [0.717, 1.165) is 31.1 Å². The van der Waals surface area contributed by atoms with Crippen molar-refractivity contribution in [3.63, 3.8) is 0 Å². The van der Waals surface area contributed by atoms with Gasteiger partial charge in [0, 0.05) is 45.1 Å². The maximum atomic E-state index is 13.4. The van der Waals surface area contributed by atoms with Crippen LogP contribution < -0.4 is 0 Å². The molecule has 0 atom stereocenters. The maximum Gasteiger partial charge on any atom is 0.250 e. The van der Waals surface area contributed by atoms with Gasteiger partial charge in [-0.1, -0.05) is 6.07 Å². The van der Waals surface area contributed by atoms with Crippen LogP contribution in [0.15, 0.2) is 36.7 Å². The molecule has 0 bridgehead atoms. The summed E-state index contributed by atoms with van der Waals surface area (Å²) in [5.74, 6) is -1.50. The second-order valence-electron chi connectivity index (χ2n) is 7.15. The van der Waals surface area contributed by atoms with Gasteiger partial charge in [-0.3, -0.25) is 14.4 Å². The molecule has 0 radical (unpaired) electrons. The summed E-state index contributed by atoms with van der Waals surface area (Å²) in [5.41, 5.74) is 0.110. The first-order valence-corrected chi connectivity index (χ1v) is 9.04. The van der Waals surface area contributed by atoms with Crippen molar-refractivity contribution >= 4 is 5.91 Å². The number of hydrogen-bond acceptors (Lipinski definition) is 3. The second-order valence-corrected chi connectivity index (χ2v) is 7.15. The standard InChI is InChI=1S/C19H22F2N4O/c20-16-4-3-15(13-17(16)21)14-23-11-5-19(6-12-23,25-10-1-7-22-25)18(26)24-8-2-9-24/h1,3-4,7,10,13H,2,5-6,8-9,11-12,14H2. The van der Waals surface area contributed by atoms with Gasteiger partial charge in [-0.2, -0.15) is 5.10 Å². The molecule has 3 heterocycles. The quantitative estimate of drug-likeness (QED) is 0.841. The molecule has 1 aromatic heterocycles. The molecule has 7 heteroatoms. The van der Waals surface area contributed by atoms with Crippen LogP contribution in [0.2, 0.25) is 0 Å². The highest BCUT2D eigenvalue weighted by atomic mass is 19.2. The maximum absolute atomic E-state index is 13.4. The molecule has 2 aromatic rings. The topological polar surface area (TPSA) is 41.4 Å². The Kier molecular flexibility index (Phi) is 4.48. The number of nitrogens with zero attached hydrogens (tertiary/aromatic N) is 4. The van der Waals surface area contributed by atoms with Crippen molar-refractivity contribution in [3.8, 4) is 0 Å². The van der Waals surface area contributed by atoms with Gasteiger partial charge in [-0.25, -0.2) is 8.78 Å². The number of rotatable bonds is 4. The number of halogens is 2. The van der Waals surface area contributed by atoms with Crippen molar-refractivity contribution in [3.05, 3.63) is 53.9 Å². The molecule has 0 unspecified atom stereocenters. The van der Waals surface area contributed by atoms with E-state index in [1.807, 2.05) is 21.8 Å². The molecule has 5 nitrogen and oxygen atoms in total. The van der Waals surface area contributed by atoms with E-state index in [2.05, 4.69) is 10.00 Å². The Morgan fingerprint density at radius 2 is 1.88 bits per heavy atom. The summed E-state index contributed by atoms with van der Waals surface area (Å²) in [6.45, 7) is 3.60. The fraction of sp³-hybridized carbons (Fsp3) is 0.474. The van der Waals surface area contributed by atoms with Crippen molar-refractivity contribution in [1.29, 1.82) is 0 Å². The number of aromatic nitrogens is 2. The molecule has 138 valence electrons. The highest BCUT2D eigenvalue weighted by Gasteiger charge is 2.46. The largest absolute Gasteiger partial charge is 0.340 e. The number of carbonyl (C=O) groups is 1. The lowest BCUT2D eigenvalue weighted by Gasteiger charge is -2.45. The molecule has 2 aliphatic rings. The second kappa shape index (κ2) is 6.79. The number of piperidine rings is 1. The van der Waals surface area contributed by atoms with Crippen LogP contribution in [0.1, 0.15) is 24.8 Å². The van der Waals surface area contributed by atoms with Crippen molar-refractivity contribution in [2.75, 3.05) is 26.2 Å². The molecule has 2 saturated heterocycles. The van der Waals surface area contributed by atoms with Gasteiger partial charge in [-0.05, 0) is 43.0 Å². The summed E-state index contributed by atoms with van der Waals surface area (Å²) >= 11 is 0. The normalized spacial score (nSPS) is 20.0. The third-order valence-corrected chi connectivity index (χ3v) is 5.56. The van der Waals surface area contributed by atoms with Gasteiger partial charge in [-0.15, -0.1) is 0 Å². The lowest BCUT2D eigenvalue weighted by Crippen LogP contribution is -2.59. The Hall–Kier alpha value is -2.28. The Morgan fingerprint density at radius 1 is 1.12 bits per heavy atom. The zero-order chi connectivity index (χ0) is 18.1. The molecule has 0 spiro atoms. The first-order chi connectivity index (χ1) is 12.6. The third kappa shape index (κ3) is 3.00. The SMILES string of the molecule is O=C(N1CCC1)C1(n2cccn2)CCN(Cc2ccc(F)c(F)c2)CC1. The molecule has 2 aliphatic heterocycles. The number of amides is 1. The smallest absolute Gasteiger partial charge is 0.250 e. The third-order valence-electron chi connectivity index (χ3n) is 5.56. The van der Waals surface area contributed by atoms with E-state index in [-0.39, 0.29) is 5.91 Å². The van der Waals surface area contributed by atoms with E-state index < -0.39 is 17.2 Å². The van der Waals surface area contributed by atoms with Crippen molar-refractivity contribution in [1.82, 2.24) is 19.6 Å². The zero-order valence-corrected chi connectivity index (χ0v) is 14.6. The van der Waals surface area contributed by atoms with Crippen LogP contribution in [0.4, 0.5) is 8.78 Å². The van der Waals surface area contributed by atoms with Gasteiger partial charge >= 0.3 is 0 Å². The van der Waals surface area contributed by atoms with E-state index in [1.165, 1.54) is 6.07 Å². The van der Waals surface area contributed by atoms with Gasteiger partial charge in [0.2, 0.25) is 0 Å². The Balaban J connectivity index is 1.48. The lowest BCUT2D eigenvalue weighted by molar-refractivity contribution is -0.148. The fourth-order valence-electron chi connectivity index (χ4n) is 3.85. The average Bonchev–Trinajstić information content (AvgIpc) is 3.12. The van der Waals surface area contributed by atoms with Crippen LogP contribution in [0.3, 0.4) is 0 Å². The van der Waals surface area contributed by atoms with Crippen LogP contribution >= 0.6 is 0 Å². The van der Waals surface area contributed by atoms with E-state index >= 15 is 0 Å². The summed E-state index contributed by atoms with van der Waals surface area (Å²) in [4.78, 5) is 17.2. The monoisotopic (exact) mass is 360 g/mol. The van der Waals surface area contributed by atoms with E-state index in [0.29, 0.717) is 32.5 Å². The minimum Gasteiger partial charge on any atom is -0.340 e. The number of benzene rings is 1. The van der Waals surface area contributed by atoms with Gasteiger partial charge in [0.05, 0.1) is 0 Å². The highest BCUT2D eigenvalue weighted by Crippen LogP contribution is 2.33. The summed E-state index contributed by atoms with van der Waals surface area (Å²) < 4.78 is 28.3. The molecule has 4 rings (SSSR count). The van der Waals surface area contributed by atoms with Crippen LogP contribution in [0, 0.1) is 11.6 Å². The van der Waals surface area contributed by atoms with Crippen molar-refractivity contribution in [2.24, 2.45) is 0 Å². The molecule has 1 aromatic carbocycles. The van der Waals surface area contributed by atoms with Crippen LogP contribution in [0.5, 0.6) is 0 Å². The summed E-state index contributed by atoms with van der Waals surface area (Å²) in [7, 11) is 0. The molecule has 0 aliphatic carbocycles. The van der Waals surface area contributed by atoms with Gasteiger partial charge in [0.25, 0.3) is 5.91 Å². The van der Waals surface area contributed by atoms with Gasteiger partial charge in [0.1, 0.15) is 5.54 Å². The van der Waals surface area contributed by atoms with Gasteiger partial charge in [0.15, 0.2) is 11.6 Å². The molecule has 0 N–H and O–H groups in total. The summed E-state index contributed by atoms with van der Waals surface area (Å²) in [5, 5.41) is 4.36. The molecule has 0 saturated carbocycles. The Morgan fingerprint density at radius 3 is 2.46 bits per heavy atom. The Labute approximate surface area is 151 Å². The summed E-state index contributed by atoms with van der Waals surface area (Å²) in [6, 6.07) is 5.86. The molecule has 2 fully saturated rings. The van der Waals surface area contributed by atoms with E-state index in [4.69, 9.17) is 0 Å². The number of hydrogen-bond donors (Lipinski definition) is 0. The number of carbonyl (C=O) groups excluding carboxylic acids is 1. The molecular weight excluding hydrogens is 338 g/mol. The zero-order valence-electron chi connectivity index (χ0n) is 14.6. The average molecular weight is 360 g/mol. The predicted octanol–water partition coefficient (Wildman–Crippen LogP) is 2.38. The molecular formula is C19H22F2N4O. The van der Waals surface area contributed by atoms with Crippen LogP contribution in [-0.4, -0.2) is 51.7 Å². The van der Waals surface area contributed by atoms with Gasteiger partial charge < -0.3 is 4.90 Å². The first-order valence-electron chi connectivity index (χ1n) is 9.04. The highest BCUT2D eigenvalue weighted by molar-refractivity contribution is 5.85. The van der Waals surface area contributed by atoms with E-state index in [1.54, 1.807) is 12.3 Å². The van der Waals surface area contributed by atoms with Crippen molar-refractivity contribution < 1.29 is 13.6 Å². The Bertz CT molecular complexity index is 781. The first kappa shape index (κ1) is 17.1. The lowest BCUT2D eigenvalue weighted by atomic mass is 9.85. The van der Waals surface area contributed by atoms with E-state index in [9.17, 15) is 13.6 Å². The van der Waals surface area contributed by atoms with Crippen LogP contribution in [-0.2, 0) is 16.9 Å². The molecule has 1 amide bonds.